The molecule has 110 valence electrons. The second-order valence-corrected chi connectivity index (χ2v) is 5.62. The van der Waals surface area contributed by atoms with Crippen LogP contribution in [0.2, 0.25) is 0 Å². The monoisotopic (exact) mass is 351 g/mol. The molecule has 1 aromatic heterocycles. The zero-order valence-electron chi connectivity index (χ0n) is 12.0. The molecule has 0 bridgehead atoms. The van der Waals surface area contributed by atoms with Crippen LogP contribution in [0.25, 0.3) is 0 Å². The summed E-state index contributed by atoms with van der Waals surface area (Å²) in [6.45, 7) is 3.78. The summed E-state index contributed by atoms with van der Waals surface area (Å²) in [7, 11) is 1.59. The van der Waals surface area contributed by atoms with Gasteiger partial charge >= 0.3 is 0 Å². The fourth-order valence-electron chi connectivity index (χ4n) is 2.21. The Morgan fingerprint density at radius 3 is 2.71 bits per heavy atom. The van der Waals surface area contributed by atoms with Gasteiger partial charge in [0.2, 0.25) is 0 Å². The Morgan fingerprint density at radius 2 is 2.10 bits per heavy atom. The lowest BCUT2D eigenvalue weighted by molar-refractivity contribution is 0.0991. The van der Waals surface area contributed by atoms with Gasteiger partial charge in [-0.05, 0) is 48.0 Å². The highest BCUT2D eigenvalue weighted by Crippen LogP contribution is 2.26. The SMILES string of the molecule is COc1c(C)cnc(CC(=O)c2ccc(F)cc2Br)c1C. The molecule has 1 heterocycles. The van der Waals surface area contributed by atoms with Gasteiger partial charge in [0.25, 0.3) is 0 Å². The van der Waals surface area contributed by atoms with Crippen LogP contribution >= 0.6 is 15.9 Å². The van der Waals surface area contributed by atoms with Gasteiger partial charge in [-0.1, -0.05) is 0 Å². The number of aromatic nitrogens is 1. The number of benzene rings is 1. The summed E-state index contributed by atoms with van der Waals surface area (Å²) in [5.41, 5.74) is 2.88. The maximum absolute atomic E-state index is 13.1. The van der Waals surface area contributed by atoms with E-state index in [2.05, 4.69) is 20.9 Å². The van der Waals surface area contributed by atoms with E-state index in [1.54, 1.807) is 13.3 Å². The molecule has 1 aromatic carbocycles. The van der Waals surface area contributed by atoms with Gasteiger partial charge in [-0.2, -0.15) is 0 Å². The lowest BCUT2D eigenvalue weighted by atomic mass is 10.0. The Kier molecular flexibility index (Phi) is 4.73. The number of hydrogen-bond donors (Lipinski definition) is 0. The summed E-state index contributed by atoms with van der Waals surface area (Å²) in [6.07, 6.45) is 1.83. The predicted octanol–water partition coefficient (Wildman–Crippen LogP) is 4.03. The molecule has 0 radical (unpaired) electrons. The fourth-order valence-corrected chi connectivity index (χ4v) is 2.78. The number of nitrogens with zero attached hydrogens (tertiary/aromatic N) is 1. The number of aryl methyl sites for hydroxylation is 1. The summed E-state index contributed by atoms with van der Waals surface area (Å²) in [6, 6.07) is 4.03. The van der Waals surface area contributed by atoms with Crippen LogP contribution in [-0.4, -0.2) is 17.9 Å². The number of rotatable bonds is 4. The van der Waals surface area contributed by atoms with Crippen molar-refractivity contribution in [3.8, 4) is 5.75 Å². The molecule has 0 spiro atoms. The number of pyridine rings is 1. The van der Waals surface area contributed by atoms with E-state index >= 15 is 0 Å². The van der Waals surface area contributed by atoms with Gasteiger partial charge in [0, 0.05) is 27.4 Å². The van der Waals surface area contributed by atoms with E-state index in [-0.39, 0.29) is 18.0 Å². The number of Topliss-reactive ketones (excluding diaryl/α,β-unsaturated/α-hetero) is 1. The molecule has 5 heteroatoms. The molecule has 2 aromatic rings. The van der Waals surface area contributed by atoms with E-state index in [9.17, 15) is 9.18 Å². The molecule has 0 aliphatic heterocycles. The lowest BCUT2D eigenvalue weighted by Gasteiger charge is -2.12. The Hall–Kier alpha value is -1.75. The zero-order chi connectivity index (χ0) is 15.6. The molecule has 3 nitrogen and oxygen atoms in total. The number of ether oxygens (including phenoxy) is 1. The van der Waals surface area contributed by atoms with Gasteiger partial charge in [-0.3, -0.25) is 9.78 Å². The molecule has 2 rings (SSSR count). The molecule has 0 atom stereocenters. The van der Waals surface area contributed by atoms with Gasteiger partial charge in [0.1, 0.15) is 11.6 Å². The van der Waals surface area contributed by atoms with Crippen molar-refractivity contribution in [2.75, 3.05) is 7.11 Å². The van der Waals surface area contributed by atoms with Crippen molar-refractivity contribution in [3.05, 3.63) is 57.1 Å². The number of ketones is 1. The maximum atomic E-state index is 13.1. The van der Waals surface area contributed by atoms with Crippen LogP contribution in [0.1, 0.15) is 27.2 Å². The molecule has 0 saturated heterocycles. The first-order valence-corrected chi connectivity index (χ1v) is 7.20. The molecular weight excluding hydrogens is 337 g/mol. The van der Waals surface area contributed by atoms with Gasteiger partial charge in [-0.25, -0.2) is 4.39 Å². The van der Waals surface area contributed by atoms with E-state index in [0.29, 0.717) is 15.7 Å². The number of hydrogen-bond acceptors (Lipinski definition) is 3. The van der Waals surface area contributed by atoms with Gasteiger partial charge in [0.05, 0.1) is 19.2 Å². The van der Waals surface area contributed by atoms with Gasteiger partial charge in [0.15, 0.2) is 5.78 Å². The van der Waals surface area contributed by atoms with Crippen LogP contribution in [0.5, 0.6) is 5.75 Å². The van der Waals surface area contributed by atoms with Crippen molar-refractivity contribution in [2.24, 2.45) is 0 Å². The molecule has 0 fully saturated rings. The zero-order valence-corrected chi connectivity index (χ0v) is 13.6. The van der Waals surface area contributed by atoms with E-state index in [1.165, 1.54) is 18.2 Å². The van der Waals surface area contributed by atoms with Crippen LogP contribution < -0.4 is 4.74 Å². The Bertz CT molecular complexity index is 701. The first kappa shape index (κ1) is 15.6. The third-order valence-corrected chi connectivity index (χ3v) is 3.97. The molecule has 0 aliphatic carbocycles. The van der Waals surface area contributed by atoms with E-state index < -0.39 is 0 Å². The van der Waals surface area contributed by atoms with Crippen molar-refractivity contribution in [3.63, 3.8) is 0 Å². The first-order chi connectivity index (χ1) is 9.93. The largest absolute Gasteiger partial charge is 0.496 e. The molecule has 0 aliphatic rings. The second-order valence-electron chi connectivity index (χ2n) is 4.77. The lowest BCUT2D eigenvalue weighted by Crippen LogP contribution is -2.09. The van der Waals surface area contributed by atoms with Crippen LogP contribution in [0.15, 0.2) is 28.9 Å². The van der Waals surface area contributed by atoms with Crippen LogP contribution in [-0.2, 0) is 6.42 Å². The molecule has 0 saturated carbocycles. The average molecular weight is 352 g/mol. The highest BCUT2D eigenvalue weighted by Gasteiger charge is 2.16. The molecule has 21 heavy (non-hydrogen) atoms. The van der Waals surface area contributed by atoms with Crippen molar-refractivity contribution in [2.45, 2.75) is 20.3 Å². The van der Waals surface area contributed by atoms with E-state index in [4.69, 9.17) is 4.74 Å². The van der Waals surface area contributed by atoms with Crippen LogP contribution in [0, 0.1) is 19.7 Å². The number of carbonyl (C=O) groups excluding carboxylic acids is 1. The van der Waals surface area contributed by atoms with E-state index in [1.807, 2.05) is 13.8 Å². The first-order valence-electron chi connectivity index (χ1n) is 6.41. The molecule has 0 amide bonds. The minimum Gasteiger partial charge on any atom is -0.496 e. The Morgan fingerprint density at radius 1 is 1.38 bits per heavy atom. The quantitative estimate of drug-likeness (QED) is 0.780. The summed E-state index contributed by atoms with van der Waals surface area (Å²) in [5, 5.41) is 0. The molecule has 0 N–H and O–H groups in total. The van der Waals surface area contributed by atoms with Crippen molar-refractivity contribution in [1.82, 2.24) is 4.98 Å². The minimum absolute atomic E-state index is 0.122. The highest BCUT2D eigenvalue weighted by molar-refractivity contribution is 9.10. The predicted molar refractivity (Wildman–Crippen MR) is 82.4 cm³/mol. The number of carbonyl (C=O) groups is 1. The highest BCUT2D eigenvalue weighted by atomic mass is 79.9. The topological polar surface area (TPSA) is 39.2 Å². The van der Waals surface area contributed by atoms with Crippen molar-refractivity contribution < 1.29 is 13.9 Å². The van der Waals surface area contributed by atoms with Gasteiger partial charge < -0.3 is 4.74 Å². The Labute approximate surface area is 131 Å². The number of methoxy groups -OCH3 is 1. The fraction of sp³-hybridized carbons (Fsp3) is 0.250. The van der Waals surface area contributed by atoms with Crippen LogP contribution in [0.4, 0.5) is 4.39 Å². The Balaban J connectivity index is 2.32. The van der Waals surface area contributed by atoms with E-state index in [0.717, 1.165) is 16.9 Å². The third-order valence-electron chi connectivity index (χ3n) is 3.31. The van der Waals surface area contributed by atoms with Crippen molar-refractivity contribution in [1.29, 1.82) is 0 Å². The molecular formula is C16H15BrFNO2. The maximum Gasteiger partial charge on any atom is 0.169 e. The summed E-state index contributed by atoms with van der Waals surface area (Å²) < 4.78 is 18.9. The normalized spacial score (nSPS) is 10.5. The third kappa shape index (κ3) is 3.29. The second kappa shape index (κ2) is 6.35. The van der Waals surface area contributed by atoms with Crippen molar-refractivity contribution >= 4 is 21.7 Å². The summed E-state index contributed by atoms with van der Waals surface area (Å²) >= 11 is 3.21. The number of halogens is 2. The summed E-state index contributed by atoms with van der Waals surface area (Å²) in [5.74, 6) is 0.235. The van der Waals surface area contributed by atoms with Crippen LogP contribution in [0.3, 0.4) is 0 Å². The minimum atomic E-state index is -0.385. The summed E-state index contributed by atoms with van der Waals surface area (Å²) in [4.78, 5) is 16.7. The molecule has 0 unspecified atom stereocenters. The average Bonchev–Trinajstić information content (AvgIpc) is 2.42. The van der Waals surface area contributed by atoms with Gasteiger partial charge in [-0.15, -0.1) is 0 Å². The standard InChI is InChI=1S/C16H15BrFNO2/c1-9-8-19-14(10(2)16(9)21-3)7-15(20)12-5-4-11(18)6-13(12)17/h4-6,8H,7H2,1-3H3. The smallest absolute Gasteiger partial charge is 0.169 e.